The third kappa shape index (κ3) is 3.15. The Morgan fingerprint density at radius 1 is 0.815 bits per heavy atom. The highest BCUT2D eigenvalue weighted by Gasteiger charge is 2.53. The Morgan fingerprint density at radius 2 is 1.26 bits per heavy atom. The second-order valence-corrected chi connectivity index (χ2v) is 8.34. The van der Waals surface area contributed by atoms with Crippen LogP contribution in [0.25, 0.3) is 0 Å². The van der Waals surface area contributed by atoms with E-state index < -0.39 is 31.0 Å². The van der Waals surface area contributed by atoms with Crippen LogP contribution < -0.4 is 10.9 Å². The molecule has 2 heterocycles. The zero-order valence-electron chi connectivity index (χ0n) is 16.5. The van der Waals surface area contributed by atoms with Gasteiger partial charge in [0.25, 0.3) is 0 Å². The molecule has 1 aromatic carbocycles. The molecule has 27 heavy (non-hydrogen) atoms. The first-order chi connectivity index (χ1) is 12.4. The summed E-state index contributed by atoms with van der Waals surface area (Å²) in [6, 6.07) is 7.56. The molecule has 0 aliphatic carbocycles. The molecule has 3 rings (SSSR count). The molecule has 2 fully saturated rings. The topological polar surface area (TPSA) is 84.5 Å². The second kappa shape index (κ2) is 6.14. The molecule has 0 unspecified atom stereocenters. The first-order valence-electron chi connectivity index (χ1n) is 8.79. The third-order valence-electron chi connectivity index (χ3n) is 5.55. The van der Waals surface area contributed by atoms with Crippen LogP contribution in [0.4, 0.5) is 0 Å². The average molecular weight is 364 g/mol. The lowest BCUT2D eigenvalue weighted by molar-refractivity contribution is 0.00578. The summed E-state index contributed by atoms with van der Waals surface area (Å²) in [6.07, 6.45) is 0. The van der Waals surface area contributed by atoms with Gasteiger partial charge >= 0.3 is 14.2 Å². The van der Waals surface area contributed by atoms with Gasteiger partial charge in [-0.05, 0) is 53.7 Å². The predicted molar refractivity (Wildman–Crippen MR) is 102 cm³/mol. The van der Waals surface area contributed by atoms with E-state index in [4.69, 9.17) is 18.6 Å². The van der Waals surface area contributed by atoms with Crippen molar-refractivity contribution < 1.29 is 18.6 Å². The van der Waals surface area contributed by atoms with E-state index in [1.54, 1.807) is 12.1 Å². The van der Waals surface area contributed by atoms with E-state index in [0.717, 1.165) is 0 Å². The molecule has 0 saturated carbocycles. The standard InChI is InChI=1S/C19H22B2N2O4/c1-12-17(2,3)25-20(24-12)15-8-14(11-23)16(9-13(15)10-22)21-26-18(4,5)19(6,7)27-21/h8-9H,1H2,2-7H3. The molecule has 0 aromatic heterocycles. The predicted octanol–water partition coefficient (Wildman–Crippen LogP) is 1.76. The molecule has 1 aromatic rings. The Hall–Kier alpha value is -2.25. The van der Waals surface area contributed by atoms with E-state index >= 15 is 0 Å². The summed E-state index contributed by atoms with van der Waals surface area (Å²) in [4.78, 5) is 0. The summed E-state index contributed by atoms with van der Waals surface area (Å²) in [7, 11) is -1.52. The van der Waals surface area contributed by atoms with Gasteiger partial charge in [-0.15, -0.1) is 0 Å². The van der Waals surface area contributed by atoms with Gasteiger partial charge in [-0.25, -0.2) is 0 Å². The van der Waals surface area contributed by atoms with Crippen molar-refractivity contribution in [2.24, 2.45) is 0 Å². The van der Waals surface area contributed by atoms with Gasteiger partial charge in [0.2, 0.25) is 0 Å². The van der Waals surface area contributed by atoms with Gasteiger partial charge in [0.1, 0.15) is 5.60 Å². The summed E-state index contributed by atoms with van der Waals surface area (Å²) in [5.41, 5.74) is -0.0630. The average Bonchev–Trinajstić information content (AvgIpc) is 2.97. The molecular formula is C19H22B2N2O4. The van der Waals surface area contributed by atoms with E-state index in [0.29, 0.717) is 27.8 Å². The summed E-state index contributed by atoms with van der Waals surface area (Å²) < 4.78 is 23.7. The Bertz CT molecular complexity index is 880. The Labute approximate surface area is 160 Å². The molecule has 8 heteroatoms. The molecule has 0 N–H and O–H groups in total. The minimum absolute atomic E-state index is 0.342. The van der Waals surface area contributed by atoms with Crippen molar-refractivity contribution in [3.05, 3.63) is 35.6 Å². The van der Waals surface area contributed by atoms with Crippen LogP contribution in [0, 0.1) is 22.7 Å². The van der Waals surface area contributed by atoms with Gasteiger partial charge in [-0.3, -0.25) is 0 Å². The molecule has 0 bridgehead atoms. The maximum atomic E-state index is 9.68. The lowest BCUT2D eigenvalue weighted by Gasteiger charge is -2.32. The molecule has 2 aliphatic heterocycles. The number of hydrogen-bond donors (Lipinski definition) is 0. The molecular weight excluding hydrogens is 342 g/mol. The number of benzene rings is 1. The third-order valence-corrected chi connectivity index (χ3v) is 5.55. The van der Waals surface area contributed by atoms with Crippen LogP contribution in [-0.2, 0) is 18.6 Å². The monoisotopic (exact) mass is 364 g/mol. The number of nitrogens with zero attached hydrogens (tertiary/aromatic N) is 2. The fourth-order valence-corrected chi connectivity index (χ4v) is 2.94. The zero-order chi connectivity index (χ0) is 20.2. The highest BCUT2D eigenvalue weighted by molar-refractivity contribution is 6.65. The van der Waals surface area contributed by atoms with Crippen molar-refractivity contribution >= 4 is 25.2 Å². The van der Waals surface area contributed by atoms with E-state index in [9.17, 15) is 10.5 Å². The van der Waals surface area contributed by atoms with E-state index in [2.05, 4.69) is 18.7 Å². The van der Waals surface area contributed by atoms with Gasteiger partial charge in [0.15, 0.2) is 0 Å². The van der Waals surface area contributed by atoms with E-state index in [1.165, 1.54) is 0 Å². The maximum absolute atomic E-state index is 9.68. The zero-order valence-corrected chi connectivity index (χ0v) is 16.5. The minimum Gasteiger partial charge on any atom is -0.534 e. The summed E-state index contributed by atoms with van der Waals surface area (Å²) >= 11 is 0. The number of nitriles is 2. The smallest absolute Gasteiger partial charge is 0.534 e. The molecule has 138 valence electrons. The molecule has 2 aliphatic rings. The van der Waals surface area contributed by atoms with E-state index in [1.807, 2.05) is 41.5 Å². The van der Waals surface area contributed by atoms with Crippen molar-refractivity contribution in [2.45, 2.75) is 58.3 Å². The summed E-state index contributed by atoms with van der Waals surface area (Å²) in [5, 5.41) is 19.3. The Kier molecular flexibility index (Phi) is 4.44. The molecule has 0 amide bonds. The van der Waals surface area contributed by atoms with Crippen LogP contribution in [0.5, 0.6) is 0 Å². The molecule has 2 saturated heterocycles. The highest BCUT2D eigenvalue weighted by atomic mass is 16.7. The van der Waals surface area contributed by atoms with Crippen LogP contribution in [-0.4, -0.2) is 31.0 Å². The number of hydrogen-bond acceptors (Lipinski definition) is 6. The molecule has 0 atom stereocenters. The van der Waals surface area contributed by atoms with Crippen molar-refractivity contribution in [3.63, 3.8) is 0 Å². The van der Waals surface area contributed by atoms with Crippen molar-refractivity contribution in [1.82, 2.24) is 0 Å². The minimum atomic E-state index is -0.790. The Morgan fingerprint density at radius 3 is 1.63 bits per heavy atom. The number of rotatable bonds is 2. The van der Waals surface area contributed by atoms with Crippen molar-refractivity contribution in [3.8, 4) is 12.1 Å². The lowest BCUT2D eigenvalue weighted by Crippen LogP contribution is -2.42. The fourth-order valence-electron chi connectivity index (χ4n) is 2.94. The largest absolute Gasteiger partial charge is 0.564 e. The van der Waals surface area contributed by atoms with Crippen LogP contribution >= 0.6 is 0 Å². The normalized spacial score (nSPS) is 22.3. The van der Waals surface area contributed by atoms with Crippen molar-refractivity contribution in [2.75, 3.05) is 0 Å². The van der Waals surface area contributed by atoms with Gasteiger partial charge in [0.05, 0.1) is 40.2 Å². The van der Waals surface area contributed by atoms with Crippen LogP contribution in [0.2, 0.25) is 0 Å². The first kappa shape index (κ1) is 19.5. The Balaban J connectivity index is 2.04. The first-order valence-corrected chi connectivity index (χ1v) is 8.79. The van der Waals surface area contributed by atoms with Gasteiger partial charge in [-0.1, -0.05) is 6.58 Å². The van der Waals surface area contributed by atoms with Crippen LogP contribution in [0.1, 0.15) is 52.7 Å². The summed E-state index contributed by atoms with van der Waals surface area (Å²) in [6.45, 7) is 15.3. The second-order valence-electron chi connectivity index (χ2n) is 8.34. The lowest BCUT2D eigenvalue weighted by atomic mass is 9.69. The molecule has 0 spiro atoms. The molecule has 0 radical (unpaired) electrons. The molecule has 6 nitrogen and oxygen atoms in total. The maximum Gasteiger partial charge on any atom is 0.564 e. The summed E-state index contributed by atoms with van der Waals surface area (Å²) in [5.74, 6) is 0.477. The van der Waals surface area contributed by atoms with Crippen LogP contribution in [0.3, 0.4) is 0 Å². The van der Waals surface area contributed by atoms with Gasteiger partial charge in [-0.2, -0.15) is 10.5 Å². The van der Waals surface area contributed by atoms with Gasteiger partial charge < -0.3 is 18.6 Å². The van der Waals surface area contributed by atoms with Crippen LogP contribution in [0.15, 0.2) is 24.5 Å². The van der Waals surface area contributed by atoms with Gasteiger partial charge in [0, 0.05) is 10.9 Å². The SMILES string of the molecule is C=C1OB(c2cc(C#N)c(B3OC(C)(C)C(C)(C)O3)cc2C#N)OC1(C)C. The highest BCUT2D eigenvalue weighted by Crippen LogP contribution is 2.37. The quantitative estimate of drug-likeness (QED) is 0.744. The van der Waals surface area contributed by atoms with Crippen molar-refractivity contribution in [1.29, 1.82) is 10.5 Å². The fraction of sp³-hybridized carbons (Fsp3) is 0.474. The van der Waals surface area contributed by atoms with E-state index in [-0.39, 0.29) is 0 Å².